The van der Waals surface area contributed by atoms with E-state index in [1.54, 1.807) is 0 Å². The summed E-state index contributed by atoms with van der Waals surface area (Å²) in [4.78, 5) is 25.1. The highest BCUT2D eigenvalue weighted by molar-refractivity contribution is 7.45. The highest BCUT2D eigenvalue weighted by Gasteiger charge is 2.20. The van der Waals surface area contributed by atoms with Crippen LogP contribution >= 0.6 is 7.82 Å². The fraction of sp³-hybridized carbons (Fsp3) is 0.712. The molecule has 9 heteroatoms. The van der Waals surface area contributed by atoms with Crippen molar-refractivity contribution in [2.45, 2.75) is 187 Å². The van der Waals surface area contributed by atoms with E-state index in [2.05, 4.69) is 98.9 Å². The van der Waals surface area contributed by atoms with E-state index < -0.39 is 13.9 Å². The van der Waals surface area contributed by atoms with E-state index >= 15 is 0 Å². The number of unbranched alkanes of at least 4 members (excludes halogenated alkanes) is 16. The minimum Gasteiger partial charge on any atom is -0.756 e. The Bertz CT molecular complexity index is 1250. The van der Waals surface area contributed by atoms with E-state index in [1.807, 2.05) is 21.1 Å². The summed E-state index contributed by atoms with van der Waals surface area (Å²) in [6, 6.07) is 0. The summed E-state index contributed by atoms with van der Waals surface area (Å²) in [6.07, 6.45) is 59.2. The molecular formula is C52H92NO7P. The maximum absolute atomic E-state index is 12.7. The van der Waals surface area contributed by atoms with Gasteiger partial charge >= 0.3 is 5.97 Å². The van der Waals surface area contributed by atoms with Crippen LogP contribution in [0.2, 0.25) is 0 Å². The molecule has 0 aliphatic rings. The molecule has 8 nitrogen and oxygen atoms in total. The van der Waals surface area contributed by atoms with E-state index in [1.165, 1.54) is 96.3 Å². The van der Waals surface area contributed by atoms with Crippen LogP contribution in [0, 0.1) is 0 Å². The molecule has 0 saturated heterocycles. The number of ether oxygens (including phenoxy) is 2. The van der Waals surface area contributed by atoms with Crippen LogP contribution in [-0.4, -0.2) is 70.7 Å². The number of allylic oxidation sites excluding steroid dienone is 13. The molecule has 0 rings (SSSR count). The van der Waals surface area contributed by atoms with Gasteiger partial charge in [0.25, 0.3) is 7.82 Å². The van der Waals surface area contributed by atoms with Crippen molar-refractivity contribution in [3.05, 3.63) is 85.1 Å². The van der Waals surface area contributed by atoms with Crippen molar-refractivity contribution in [3.63, 3.8) is 0 Å². The second kappa shape index (κ2) is 44.3. The lowest BCUT2D eigenvalue weighted by molar-refractivity contribution is -0.870. The molecule has 2 unspecified atom stereocenters. The van der Waals surface area contributed by atoms with Crippen molar-refractivity contribution < 1.29 is 37.3 Å². The topological polar surface area (TPSA) is 94.1 Å². The van der Waals surface area contributed by atoms with Gasteiger partial charge in [-0.25, -0.2) is 0 Å². The third-order valence-electron chi connectivity index (χ3n) is 9.95. The number of carbonyl (C=O) groups is 1. The fourth-order valence-electron chi connectivity index (χ4n) is 6.23. The molecule has 0 N–H and O–H groups in total. The van der Waals surface area contributed by atoms with Gasteiger partial charge in [0.15, 0.2) is 0 Å². The number of nitrogens with zero attached hydrogens (tertiary/aromatic N) is 1. The number of phosphoric ester groups is 1. The predicted octanol–water partition coefficient (Wildman–Crippen LogP) is 14.2. The Hall–Kier alpha value is -2.32. The quantitative estimate of drug-likeness (QED) is 0.0198. The normalized spacial score (nSPS) is 14.4. The summed E-state index contributed by atoms with van der Waals surface area (Å²) in [5.74, 6) is -0.363. The van der Waals surface area contributed by atoms with Gasteiger partial charge in [0.2, 0.25) is 0 Å². The van der Waals surface area contributed by atoms with E-state index in [0.29, 0.717) is 24.1 Å². The Balaban J connectivity index is 4.25. The number of rotatable bonds is 44. The van der Waals surface area contributed by atoms with Crippen LogP contribution in [0.25, 0.3) is 0 Å². The summed E-state index contributed by atoms with van der Waals surface area (Å²) >= 11 is 0. The third-order valence-corrected chi connectivity index (χ3v) is 10.9. The highest BCUT2D eigenvalue weighted by atomic mass is 31.2. The lowest BCUT2D eigenvalue weighted by Crippen LogP contribution is -2.37. The molecule has 0 aliphatic heterocycles. The van der Waals surface area contributed by atoms with Crippen LogP contribution < -0.4 is 4.89 Å². The van der Waals surface area contributed by atoms with Crippen LogP contribution in [0.4, 0.5) is 0 Å². The van der Waals surface area contributed by atoms with Gasteiger partial charge in [-0.1, -0.05) is 182 Å². The minimum absolute atomic E-state index is 0.00840. The van der Waals surface area contributed by atoms with Crippen LogP contribution in [-0.2, 0) is 27.9 Å². The Morgan fingerprint density at radius 2 is 0.951 bits per heavy atom. The lowest BCUT2D eigenvalue weighted by atomic mass is 10.0. The molecule has 0 aromatic heterocycles. The Labute approximate surface area is 375 Å². The maximum Gasteiger partial charge on any atom is 0.306 e. The monoisotopic (exact) mass is 874 g/mol. The molecule has 0 aromatic rings. The van der Waals surface area contributed by atoms with E-state index in [-0.39, 0.29) is 32.2 Å². The van der Waals surface area contributed by atoms with Gasteiger partial charge in [-0.15, -0.1) is 0 Å². The summed E-state index contributed by atoms with van der Waals surface area (Å²) < 4.78 is 34.5. The maximum atomic E-state index is 12.7. The Morgan fingerprint density at radius 1 is 0.525 bits per heavy atom. The zero-order chi connectivity index (χ0) is 44.8. The Kier molecular flexibility index (Phi) is 42.6. The molecule has 0 aliphatic carbocycles. The van der Waals surface area contributed by atoms with Gasteiger partial charge in [0.1, 0.15) is 19.3 Å². The smallest absolute Gasteiger partial charge is 0.306 e. The molecule has 0 amide bonds. The number of hydrogen-bond acceptors (Lipinski definition) is 7. The van der Waals surface area contributed by atoms with Crippen LogP contribution in [0.3, 0.4) is 0 Å². The van der Waals surface area contributed by atoms with Crippen molar-refractivity contribution >= 4 is 13.8 Å². The molecule has 0 fully saturated rings. The summed E-state index contributed by atoms with van der Waals surface area (Å²) in [7, 11) is 1.30. The number of hydrogen-bond donors (Lipinski definition) is 0. The van der Waals surface area contributed by atoms with Crippen LogP contribution in [0.1, 0.15) is 181 Å². The predicted molar refractivity (Wildman–Crippen MR) is 258 cm³/mol. The molecule has 0 heterocycles. The standard InChI is InChI=1S/C52H92NO7P/c1-6-8-10-12-14-16-18-20-22-24-25-26-27-28-29-30-31-33-35-37-39-41-43-45-52(54)60-51(50-59-61(55,56)58-48-46-53(3,4)5)49-57-47-44-42-40-38-36-34-32-23-21-19-17-15-13-11-9-7-2/h9,11,15,17-18,20-21,23-25,34,36,40,42,51H,6-8,10,12-14,16,19,22,26-33,35,37-39,41,43-50H2,1-5H3/b11-9-,17-15-,20-18-,23-21-,25-24-,36-34-,42-40-. The SMILES string of the molecule is CC/C=C\C/C=C\C/C=C\C/C=C\C/C=C\CCOCC(COP(=O)([O-])OCC[N+](C)(C)C)OC(=O)CCCCCCCCCCCCC/C=C\C/C=C\CCCCCCC. The van der Waals surface area contributed by atoms with Crippen LogP contribution in [0.15, 0.2) is 85.1 Å². The molecule has 0 saturated carbocycles. The molecule has 0 spiro atoms. The fourth-order valence-corrected chi connectivity index (χ4v) is 6.96. The van der Waals surface area contributed by atoms with Crippen molar-refractivity contribution in [2.75, 3.05) is 54.1 Å². The van der Waals surface area contributed by atoms with Crippen molar-refractivity contribution in [3.8, 4) is 0 Å². The molecule has 0 radical (unpaired) electrons. The summed E-state index contributed by atoms with van der Waals surface area (Å²) in [5, 5.41) is 0. The molecule has 2 atom stereocenters. The van der Waals surface area contributed by atoms with Crippen molar-refractivity contribution in [2.24, 2.45) is 0 Å². The average Bonchev–Trinajstić information content (AvgIpc) is 3.22. The molecule has 61 heavy (non-hydrogen) atoms. The van der Waals surface area contributed by atoms with E-state index in [9.17, 15) is 14.3 Å². The first kappa shape index (κ1) is 58.7. The second-order valence-corrected chi connectivity index (χ2v) is 18.5. The average molecular weight is 874 g/mol. The van der Waals surface area contributed by atoms with E-state index in [0.717, 1.165) is 57.8 Å². The van der Waals surface area contributed by atoms with Crippen molar-refractivity contribution in [1.82, 2.24) is 0 Å². The van der Waals surface area contributed by atoms with Gasteiger partial charge in [0, 0.05) is 6.42 Å². The zero-order valence-corrected chi connectivity index (χ0v) is 40.7. The van der Waals surface area contributed by atoms with Gasteiger partial charge in [-0.05, 0) is 77.0 Å². The summed E-state index contributed by atoms with van der Waals surface area (Å²) in [5.41, 5.74) is 0. The van der Waals surface area contributed by atoms with Gasteiger partial charge < -0.3 is 27.9 Å². The van der Waals surface area contributed by atoms with Gasteiger partial charge in [-0.3, -0.25) is 9.36 Å². The second-order valence-electron chi connectivity index (χ2n) is 17.1. The first-order valence-electron chi connectivity index (χ1n) is 24.3. The van der Waals surface area contributed by atoms with E-state index in [4.69, 9.17) is 18.5 Å². The minimum atomic E-state index is -4.55. The molecule has 352 valence electrons. The van der Waals surface area contributed by atoms with Crippen LogP contribution in [0.5, 0.6) is 0 Å². The summed E-state index contributed by atoms with van der Waals surface area (Å²) in [6.45, 7) is 5.05. The number of quaternary nitrogens is 1. The van der Waals surface area contributed by atoms with Crippen molar-refractivity contribution in [1.29, 1.82) is 0 Å². The molecule has 0 bridgehead atoms. The van der Waals surface area contributed by atoms with Gasteiger partial charge in [0.05, 0.1) is 41.0 Å². The highest BCUT2D eigenvalue weighted by Crippen LogP contribution is 2.38. The van der Waals surface area contributed by atoms with Gasteiger partial charge in [-0.2, -0.15) is 0 Å². The number of phosphoric acid groups is 1. The Morgan fingerprint density at radius 3 is 1.43 bits per heavy atom. The zero-order valence-electron chi connectivity index (χ0n) is 39.8. The molecular weight excluding hydrogens is 782 g/mol. The number of carbonyl (C=O) groups excluding carboxylic acids is 1. The third kappa shape index (κ3) is 48.6. The first-order valence-corrected chi connectivity index (χ1v) is 25.8. The number of likely N-dealkylation sites (N-methyl/N-ethyl adjacent to an activating group) is 1. The lowest BCUT2D eigenvalue weighted by Gasteiger charge is -2.28. The largest absolute Gasteiger partial charge is 0.756 e. The molecule has 0 aromatic carbocycles. The number of esters is 1. The first-order chi connectivity index (χ1) is 29.6.